The van der Waals surface area contributed by atoms with E-state index >= 15 is 0 Å². The molecule has 1 amide bonds. The molecular weight excluding hydrogens is 325 g/mol. The van der Waals surface area contributed by atoms with Crippen molar-refractivity contribution in [3.8, 4) is 0 Å². The third-order valence-corrected chi connectivity index (χ3v) is 5.06. The molecule has 3 fully saturated rings. The Morgan fingerprint density at radius 3 is 2.23 bits per heavy atom. The minimum atomic E-state index is -0.566. The summed E-state index contributed by atoms with van der Waals surface area (Å²) in [5, 5.41) is 3.31. The number of amides is 1. The van der Waals surface area contributed by atoms with Crippen molar-refractivity contribution >= 4 is 30.7 Å². The van der Waals surface area contributed by atoms with Gasteiger partial charge in [0.15, 0.2) is 0 Å². The van der Waals surface area contributed by atoms with E-state index in [9.17, 15) is 4.79 Å². The van der Waals surface area contributed by atoms with Crippen LogP contribution in [0.4, 0.5) is 0 Å². The maximum atomic E-state index is 12.8. The molecule has 0 spiro atoms. The lowest BCUT2D eigenvalue weighted by atomic mass is 9.90. The second-order valence-electron chi connectivity index (χ2n) is 6.48. The summed E-state index contributed by atoms with van der Waals surface area (Å²) in [6, 6.07) is 0. The van der Waals surface area contributed by atoms with Crippen molar-refractivity contribution in [2.45, 2.75) is 31.3 Å². The molecular formula is C15H29Cl2N3O2. The average molecular weight is 354 g/mol. The summed E-state index contributed by atoms with van der Waals surface area (Å²) in [7, 11) is 1.69. The standard InChI is InChI=1S/C15H27N3O2.2ClH/c1-20-15(4-6-16-7-5-15)14(19)18-10-8-17(9-11-18)12-13-2-3-13;;/h13,16H,2-12H2,1H3;2*1H. The summed E-state index contributed by atoms with van der Waals surface area (Å²) in [6.07, 6.45) is 4.40. The topological polar surface area (TPSA) is 44.8 Å². The maximum absolute atomic E-state index is 12.8. The van der Waals surface area contributed by atoms with Gasteiger partial charge in [-0.3, -0.25) is 9.69 Å². The zero-order valence-corrected chi connectivity index (χ0v) is 15.0. The van der Waals surface area contributed by atoms with Gasteiger partial charge in [0.2, 0.25) is 0 Å². The Bertz CT molecular complexity index is 353. The van der Waals surface area contributed by atoms with Gasteiger partial charge in [0.25, 0.3) is 5.91 Å². The number of piperazine rings is 1. The van der Waals surface area contributed by atoms with Crippen LogP contribution in [0.25, 0.3) is 0 Å². The summed E-state index contributed by atoms with van der Waals surface area (Å²) in [5.41, 5.74) is -0.566. The number of hydrogen-bond acceptors (Lipinski definition) is 4. The van der Waals surface area contributed by atoms with Crippen molar-refractivity contribution in [1.29, 1.82) is 0 Å². The number of nitrogens with zero attached hydrogens (tertiary/aromatic N) is 2. The Morgan fingerprint density at radius 1 is 1.14 bits per heavy atom. The predicted octanol–water partition coefficient (Wildman–Crippen LogP) is 1.15. The minimum Gasteiger partial charge on any atom is -0.368 e. The molecule has 0 aromatic carbocycles. The van der Waals surface area contributed by atoms with Crippen molar-refractivity contribution in [2.24, 2.45) is 5.92 Å². The van der Waals surface area contributed by atoms with Gasteiger partial charge in [-0.15, -0.1) is 24.8 Å². The first-order chi connectivity index (χ1) is 9.73. The fourth-order valence-electron chi connectivity index (χ4n) is 3.42. The molecule has 1 saturated carbocycles. The number of hydrogen-bond donors (Lipinski definition) is 1. The zero-order chi connectivity index (χ0) is 14.0. The Balaban J connectivity index is 0.00000121. The summed E-state index contributed by atoms with van der Waals surface area (Å²) >= 11 is 0. The normalized spacial score (nSPS) is 25.0. The predicted molar refractivity (Wildman–Crippen MR) is 92.1 cm³/mol. The number of rotatable bonds is 4. The number of methoxy groups -OCH3 is 1. The molecule has 2 aliphatic heterocycles. The molecule has 0 aromatic heterocycles. The van der Waals surface area contributed by atoms with Crippen molar-refractivity contribution in [1.82, 2.24) is 15.1 Å². The molecule has 3 aliphatic rings. The molecule has 0 atom stereocenters. The van der Waals surface area contributed by atoms with Crippen LogP contribution in [0.1, 0.15) is 25.7 Å². The number of carbonyl (C=O) groups excluding carboxylic acids is 1. The van der Waals surface area contributed by atoms with Crippen LogP contribution in [-0.2, 0) is 9.53 Å². The summed E-state index contributed by atoms with van der Waals surface area (Å²) in [4.78, 5) is 17.3. The van der Waals surface area contributed by atoms with E-state index in [0.717, 1.165) is 58.0 Å². The van der Waals surface area contributed by atoms with Gasteiger partial charge in [0, 0.05) is 39.8 Å². The molecule has 5 nitrogen and oxygen atoms in total. The third-order valence-electron chi connectivity index (χ3n) is 5.06. The first kappa shape index (κ1) is 20.0. The average Bonchev–Trinajstić information content (AvgIpc) is 3.32. The van der Waals surface area contributed by atoms with Gasteiger partial charge in [-0.2, -0.15) is 0 Å². The van der Waals surface area contributed by atoms with E-state index in [1.54, 1.807) is 7.11 Å². The molecule has 0 bridgehead atoms. The van der Waals surface area contributed by atoms with Gasteiger partial charge in [0.05, 0.1) is 0 Å². The highest BCUT2D eigenvalue weighted by Crippen LogP contribution is 2.30. The molecule has 2 heterocycles. The SMILES string of the molecule is COC1(C(=O)N2CCN(CC3CC3)CC2)CCNCC1.Cl.Cl. The molecule has 7 heteroatoms. The van der Waals surface area contributed by atoms with Crippen LogP contribution in [0.5, 0.6) is 0 Å². The molecule has 130 valence electrons. The summed E-state index contributed by atoms with van der Waals surface area (Å²) in [5.74, 6) is 1.15. The first-order valence-electron chi connectivity index (χ1n) is 8.01. The number of piperidine rings is 1. The molecule has 1 N–H and O–H groups in total. The highest BCUT2D eigenvalue weighted by atomic mass is 35.5. The maximum Gasteiger partial charge on any atom is 0.254 e. The van der Waals surface area contributed by atoms with E-state index in [2.05, 4.69) is 10.2 Å². The van der Waals surface area contributed by atoms with Gasteiger partial charge in [0.1, 0.15) is 5.60 Å². The lowest BCUT2D eigenvalue weighted by molar-refractivity contribution is -0.160. The molecule has 3 rings (SSSR count). The lowest BCUT2D eigenvalue weighted by Gasteiger charge is -2.42. The van der Waals surface area contributed by atoms with E-state index < -0.39 is 5.60 Å². The smallest absolute Gasteiger partial charge is 0.254 e. The fraction of sp³-hybridized carbons (Fsp3) is 0.933. The highest BCUT2D eigenvalue weighted by molar-refractivity contribution is 5.86. The van der Waals surface area contributed by atoms with Crippen molar-refractivity contribution in [3.63, 3.8) is 0 Å². The Hall–Kier alpha value is -0.0700. The van der Waals surface area contributed by atoms with Crippen LogP contribution in [-0.4, -0.2) is 74.2 Å². The second kappa shape index (κ2) is 8.69. The van der Waals surface area contributed by atoms with Gasteiger partial charge < -0.3 is 15.0 Å². The van der Waals surface area contributed by atoms with Gasteiger partial charge >= 0.3 is 0 Å². The van der Waals surface area contributed by atoms with E-state index in [-0.39, 0.29) is 30.7 Å². The van der Waals surface area contributed by atoms with Crippen LogP contribution < -0.4 is 5.32 Å². The minimum absolute atomic E-state index is 0. The highest BCUT2D eigenvalue weighted by Gasteiger charge is 2.43. The zero-order valence-electron chi connectivity index (χ0n) is 13.4. The summed E-state index contributed by atoms with van der Waals surface area (Å²) < 4.78 is 5.65. The van der Waals surface area contributed by atoms with Gasteiger partial charge in [-0.05, 0) is 44.7 Å². The van der Waals surface area contributed by atoms with Crippen molar-refractivity contribution < 1.29 is 9.53 Å². The Labute approximate surface area is 145 Å². The van der Waals surface area contributed by atoms with E-state index in [4.69, 9.17) is 4.74 Å². The first-order valence-corrected chi connectivity index (χ1v) is 8.01. The summed E-state index contributed by atoms with van der Waals surface area (Å²) in [6.45, 7) is 6.78. The largest absolute Gasteiger partial charge is 0.368 e. The van der Waals surface area contributed by atoms with Crippen LogP contribution in [0.3, 0.4) is 0 Å². The van der Waals surface area contributed by atoms with Crippen LogP contribution in [0.15, 0.2) is 0 Å². The third kappa shape index (κ3) is 4.48. The number of ether oxygens (including phenoxy) is 1. The van der Waals surface area contributed by atoms with E-state index in [1.165, 1.54) is 19.4 Å². The van der Waals surface area contributed by atoms with Crippen LogP contribution in [0.2, 0.25) is 0 Å². The molecule has 0 aromatic rings. The molecule has 1 aliphatic carbocycles. The quantitative estimate of drug-likeness (QED) is 0.823. The van der Waals surface area contributed by atoms with Gasteiger partial charge in [-0.1, -0.05) is 0 Å². The molecule has 0 unspecified atom stereocenters. The van der Waals surface area contributed by atoms with Crippen molar-refractivity contribution in [2.75, 3.05) is 52.9 Å². The van der Waals surface area contributed by atoms with Gasteiger partial charge in [-0.25, -0.2) is 0 Å². The molecule has 0 radical (unpaired) electrons. The van der Waals surface area contributed by atoms with Crippen molar-refractivity contribution in [3.05, 3.63) is 0 Å². The molecule has 2 saturated heterocycles. The van der Waals surface area contributed by atoms with Crippen LogP contribution in [0, 0.1) is 5.92 Å². The number of halogens is 2. The number of carbonyl (C=O) groups is 1. The monoisotopic (exact) mass is 353 g/mol. The second-order valence-corrected chi connectivity index (χ2v) is 6.48. The van der Waals surface area contributed by atoms with E-state index in [0.29, 0.717) is 0 Å². The Kier molecular flexibility index (Phi) is 7.89. The fourth-order valence-corrected chi connectivity index (χ4v) is 3.42. The number of nitrogens with one attached hydrogen (secondary N) is 1. The molecule has 22 heavy (non-hydrogen) atoms. The Morgan fingerprint density at radius 2 is 1.73 bits per heavy atom. The van der Waals surface area contributed by atoms with E-state index in [1.807, 2.05) is 4.90 Å². The lowest BCUT2D eigenvalue weighted by Crippen LogP contribution is -2.59. The van der Waals surface area contributed by atoms with Crippen LogP contribution >= 0.6 is 24.8 Å².